The highest BCUT2D eigenvalue weighted by Gasteiger charge is 2.41. The first kappa shape index (κ1) is 17.1. The van der Waals surface area contributed by atoms with Crippen LogP contribution in [0.2, 0.25) is 5.02 Å². The van der Waals surface area contributed by atoms with Crippen LogP contribution in [0.3, 0.4) is 0 Å². The number of carbonyl (C=O) groups excluding carboxylic acids is 1. The monoisotopic (exact) mass is 372 g/mol. The lowest BCUT2D eigenvalue weighted by Gasteiger charge is -2.39. The Kier molecular flexibility index (Phi) is 4.68. The lowest BCUT2D eigenvalue weighted by molar-refractivity contribution is 0.0708. The van der Waals surface area contributed by atoms with E-state index in [0.717, 1.165) is 38.3 Å². The molecule has 3 heterocycles. The Labute approximate surface area is 157 Å². The maximum absolute atomic E-state index is 13.2. The molecule has 2 aromatic rings. The second kappa shape index (κ2) is 7.11. The number of hydrogen-bond donors (Lipinski definition) is 0. The van der Waals surface area contributed by atoms with E-state index in [1.807, 2.05) is 11.0 Å². The molecule has 0 spiro atoms. The number of benzene rings is 1. The average molecular weight is 373 g/mol. The standard InChI is InChI=1S/C19H21ClN4O2/c1-26-17-3-2-14(20)10-15(17)19(25)24-9-6-13-5-8-23(11-16(13)24)18-4-7-21-12-22-18/h2-4,7,10,12-13,16H,5-6,8-9,11H2,1H3. The molecular formula is C19H21ClN4O2. The Hall–Kier alpha value is -2.34. The highest BCUT2D eigenvalue weighted by Crippen LogP contribution is 2.35. The molecular weight excluding hydrogens is 352 g/mol. The molecule has 136 valence electrons. The van der Waals surface area contributed by atoms with Crippen LogP contribution >= 0.6 is 11.6 Å². The van der Waals surface area contributed by atoms with E-state index in [0.29, 0.717) is 22.3 Å². The quantitative estimate of drug-likeness (QED) is 0.829. The van der Waals surface area contributed by atoms with Crippen LogP contribution in [-0.2, 0) is 0 Å². The molecule has 1 aromatic heterocycles. The molecule has 2 aliphatic heterocycles. The van der Waals surface area contributed by atoms with E-state index in [1.54, 1.807) is 37.8 Å². The highest BCUT2D eigenvalue weighted by atomic mass is 35.5. The first-order valence-electron chi connectivity index (χ1n) is 8.83. The van der Waals surface area contributed by atoms with E-state index in [4.69, 9.17) is 16.3 Å². The molecule has 26 heavy (non-hydrogen) atoms. The molecule has 1 aromatic carbocycles. The van der Waals surface area contributed by atoms with Crippen molar-refractivity contribution in [3.05, 3.63) is 47.4 Å². The van der Waals surface area contributed by atoms with Gasteiger partial charge in [-0.1, -0.05) is 11.6 Å². The lowest BCUT2D eigenvalue weighted by Crippen LogP contribution is -2.50. The largest absolute Gasteiger partial charge is 0.496 e. The van der Waals surface area contributed by atoms with Crippen molar-refractivity contribution in [2.75, 3.05) is 31.6 Å². The van der Waals surface area contributed by atoms with E-state index in [1.165, 1.54) is 0 Å². The SMILES string of the molecule is COc1ccc(Cl)cc1C(=O)N1CCC2CCN(c3ccncn3)CC21. The number of hydrogen-bond acceptors (Lipinski definition) is 5. The zero-order valence-electron chi connectivity index (χ0n) is 14.6. The fourth-order valence-electron chi connectivity index (χ4n) is 4.07. The molecule has 2 aliphatic rings. The van der Waals surface area contributed by atoms with Gasteiger partial charge in [0.05, 0.1) is 18.7 Å². The molecule has 0 bridgehead atoms. The van der Waals surface area contributed by atoms with Gasteiger partial charge >= 0.3 is 0 Å². The van der Waals surface area contributed by atoms with Crippen LogP contribution in [0.4, 0.5) is 5.82 Å². The summed E-state index contributed by atoms with van der Waals surface area (Å²) in [5, 5.41) is 0.538. The molecule has 7 heteroatoms. The van der Waals surface area contributed by atoms with Crippen molar-refractivity contribution in [1.82, 2.24) is 14.9 Å². The van der Waals surface area contributed by atoms with Crippen LogP contribution in [0, 0.1) is 5.92 Å². The van der Waals surface area contributed by atoms with Crippen LogP contribution in [0.25, 0.3) is 0 Å². The van der Waals surface area contributed by atoms with Gasteiger partial charge in [0.1, 0.15) is 17.9 Å². The lowest BCUT2D eigenvalue weighted by atomic mass is 9.92. The predicted octanol–water partition coefficient (Wildman–Crippen LogP) is 2.88. The Morgan fingerprint density at radius 2 is 2.12 bits per heavy atom. The minimum Gasteiger partial charge on any atom is -0.496 e. The third-order valence-corrected chi connectivity index (χ3v) is 5.64. The molecule has 2 saturated heterocycles. The molecule has 0 saturated carbocycles. The van der Waals surface area contributed by atoms with Crippen molar-refractivity contribution in [3.8, 4) is 5.75 Å². The van der Waals surface area contributed by atoms with Crippen molar-refractivity contribution in [3.63, 3.8) is 0 Å². The van der Waals surface area contributed by atoms with Gasteiger partial charge in [-0.3, -0.25) is 4.79 Å². The number of rotatable bonds is 3. The van der Waals surface area contributed by atoms with Crippen LogP contribution in [0.5, 0.6) is 5.75 Å². The van der Waals surface area contributed by atoms with Crippen LogP contribution < -0.4 is 9.64 Å². The number of likely N-dealkylation sites (tertiary alicyclic amines) is 1. The van der Waals surface area contributed by atoms with Crippen molar-refractivity contribution in [2.45, 2.75) is 18.9 Å². The van der Waals surface area contributed by atoms with Gasteiger partial charge < -0.3 is 14.5 Å². The predicted molar refractivity (Wildman–Crippen MR) is 99.8 cm³/mol. The van der Waals surface area contributed by atoms with Crippen molar-refractivity contribution in [1.29, 1.82) is 0 Å². The molecule has 0 aliphatic carbocycles. The van der Waals surface area contributed by atoms with Gasteiger partial charge in [-0.2, -0.15) is 0 Å². The number of amides is 1. The van der Waals surface area contributed by atoms with E-state index in [-0.39, 0.29) is 11.9 Å². The zero-order valence-corrected chi connectivity index (χ0v) is 15.4. The molecule has 2 fully saturated rings. The van der Waals surface area contributed by atoms with Crippen LogP contribution in [-0.4, -0.2) is 53.6 Å². The second-order valence-corrected chi connectivity index (χ2v) is 7.20. The van der Waals surface area contributed by atoms with Gasteiger partial charge in [-0.05, 0) is 43.0 Å². The number of nitrogens with zero attached hydrogens (tertiary/aromatic N) is 4. The van der Waals surface area contributed by atoms with E-state index >= 15 is 0 Å². The summed E-state index contributed by atoms with van der Waals surface area (Å²) >= 11 is 6.12. The number of methoxy groups -OCH3 is 1. The number of piperidine rings is 1. The summed E-state index contributed by atoms with van der Waals surface area (Å²) in [5.41, 5.74) is 0.528. The highest BCUT2D eigenvalue weighted by molar-refractivity contribution is 6.31. The number of fused-ring (bicyclic) bond motifs is 1. The minimum absolute atomic E-state index is 0.0126. The summed E-state index contributed by atoms with van der Waals surface area (Å²) in [6, 6.07) is 7.27. The maximum atomic E-state index is 13.2. The topological polar surface area (TPSA) is 58.6 Å². The summed E-state index contributed by atoms with van der Waals surface area (Å²) in [5.74, 6) is 1.99. The molecule has 2 unspecified atom stereocenters. The summed E-state index contributed by atoms with van der Waals surface area (Å²) < 4.78 is 5.37. The number of anilines is 1. The molecule has 0 N–H and O–H groups in total. The molecule has 4 rings (SSSR count). The number of halogens is 1. The first-order chi connectivity index (χ1) is 12.7. The van der Waals surface area contributed by atoms with Gasteiger partial charge in [0.15, 0.2) is 0 Å². The van der Waals surface area contributed by atoms with Gasteiger partial charge in [0, 0.05) is 30.9 Å². The Balaban J connectivity index is 1.58. The maximum Gasteiger partial charge on any atom is 0.257 e. The molecule has 2 atom stereocenters. The van der Waals surface area contributed by atoms with E-state index in [9.17, 15) is 4.79 Å². The second-order valence-electron chi connectivity index (χ2n) is 6.76. The summed E-state index contributed by atoms with van der Waals surface area (Å²) in [4.78, 5) is 25.8. The minimum atomic E-state index is -0.0126. The number of ether oxygens (including phenoxy) is 1. The fourth-order valence-corrected chi connectivity index (χ4v) is 4.25. The number of carbonyl (C=O) groups is 1. The van der Waals surface area contributed by atoms with Gasteiger partial charge in [-0.15, -0.1) is 0 Å². The van der Waals surface area contributed by atoms with E-state index < -0.39 is 0 Å². The third-order valence-electron chi connectivity index (χ3n) is 5.41. The first-order valence-corrected chi connectivity index (χ1v) is 9.20. The smallest absolute Gasteiger partial charge is 0.257 e. The summed E-state index contributed by atoms with van der Waals surface area (Å²) in [6.45, 7) is 2.51. The molecule has 0 radical (unpaired) electrons. The Bertz CT molecular complexity index is 801. The van der Waals surface area contributed by atoms with Gasteiger partial charge in [0.2, 0.25) is 0 Å². The van der Waals surface area contributed by atoms with Gasteiger partial charge in [-0.25, -0.2) is 9.97 Å². The fraction of sp³-hybridized carbons (Fsp3) is 0.421. The molecule has 1 amide bonds. The average Bonchev–Trinajstić information content (AvgIpc) is 3.11. The van der Waals surface area contributed by atoms with Crippen LogP contribution in [0.1, 0.15) is 23.2 Å². The summed E-state index contributed by atoms with van der Waals surface area (Å²) in [6.07, 6.45) is 5.42. The number of aromatic nitrogens is 2. The Morgan fingerprint density at radius 3 is 2.88 bits per heavy atom. The zero-order chi connectivity index (χ0) is 18.1. The van der Waals surface area contributed by atoms with E-state index in [2.05, 4.69) is 14.9 Å². The van der Waals surface area contributed by atoms with Crippen LogP contribution in [0.15, 0.2) is 36.8 Å². The van der Waals surface area contributed by atoms with Crippen molar-refractivity contribution >= 4 is 23.3 Å². The van der Waals surface area contributed by atoms with Crippen molar-refractivity contribution in [2.24, 2.45) is 5.92 Å². The Morgan fingerprint density at radius 1 is 1.27 bits per heavy atom. The summed E-state index contributed by atoms with van der Waals surface area (Å²) in [7, 11) is 1.57. The van der Waals surface area contributed by atoms with Gasteiger partial charge in [0.25, 0.3) is 5.91 Å². The normalized spacial score (nSPS) is 22.2. The molecule has 6 nitrogen and oxygen atoms in total. The third kappa shape index (κ3) is 3.09. The van der Waals surface area contributed by atoms with Crippen molar-refractivity contribution < 1.29 is 9.53 Å².